The zero-order valence-electron chi connectivity index (χ0n) is 18.5. The topological polar surface area (TPSA) is 104 Å². The third-order valence-electron chi connectivity index (χ3n) is 7.49. The molecule has 1 atom stereocenters. The molecule has 0 aliphatic heterocycles. The first-order valence-electron chi connectivity index (χ1n) is 11.3. The molecule has 35 heavy (non-hydrogen) atoms. The maximum absolute atomic E-state index is 13.9. The van der Waals surface area contributed by atoms with Crippen LogP contribution in [0.5, 0.6) is 5.75 Å². The summed E-state index contributed by atoms with van der Waals surface area (Å²) in [5.74, 6) is -0.877. The smallest absolute Gasteiger partial charge is 0.320 e. The fraction of sp³-hybridized carbons (Fsp3) is 0.179. The monoisotopic (exact) mass is 485 g/mol. The van der Waals surface area contributed by atoms with Gasteiger partial charge in [-0.1, -0.05) is 72.8 Å². The summed E-state index contributed by atoms with van der Waals surface area (Å²) in [4.78, 5) is 13.5. The Morgan fingerprint density at radius 1 is 0.857 bits per heavy atom. The van der Waals surface area contributed by atoms with E-state index in [0.717, 1.165) is 28.3 Å². The van der Waals surface area contributed by atoms with Crippen molar-refractivity contribution in [3.05, 3.63) is 107 Å². The molecular weight excluding hydrogens is 464 g/mol. The van der Waals surface area contributed by atoms with Crippen molar-refractivity contribution >= 4 is 26.9 Å². The van der Waals surface area contributed by atoms with Gasteiger partial charge in [0.25, 0.3) is 0 Å². The van der Waals surface area contributed by atoms with Gasteiger partial charge in [0.2, 0.25) is 0 Å². The third-order valence-corrected chi connectivity index (χ3v) is 8.39. The highest BCUT2D eigenvalue weighted by atomic mass is 32.2. The second-order valence-electron chi connectivity index (χ2n) is 9.21. The van der Waals surface area contributed by atoms with Crippen molar-refractivity contribution in [2.45, 2.75) is 23.2 Å². The number of rotatable bonds is 4. The van der Waals surface area contributed by atoms with E-state index < -0.39 is 28.1 Å². The van der Waals surface area contributed by atoms with E-state index >= 15 is 0 Å². The lowest BCUT2D eigenvalue weighted by molar-refractivity contribution is -0.151. The standard InChI is InChI=1S/C28H22O6S/c29-16-28(15-23-17-7-1-5-11-21(17)26(28)22-12-6-2-8-18(22)23)27(30)34-24-13-14-25(35(31,32)33)20-10-4-3-9-19(20)24/h1-14,23,26,29H,15-16H2,(H,31,32,33)/p-1. The summed E-state index contributed by atoms with van der Waals surface area (Å²) in [7, 11) is -4.72. The quantitative estimate of drug-likeness (QED) is 0.262. The zero-order valence-corrected chi connectivity index (χ0v) is 19.4. The minimum atomic E-state index is -4.72. The molecule has 0 saturated carbocycles. The van der Waals surface area contributed by atoms with Crippen LogP contribution in [-0.4, -0.2) is 30.7 Å². The Bertz CT molecular complexity index is 1560. The molecule has 7 rings (SSSR count). The number of hydrogen-bond acceptors (Lipinski definition) is 6. The van der Waals surface area contributed by atoms with Crippen molar-refractivity contribution in [1.29, 1.82) is 0 Å². The summed E-state index contributed by atoms with van der Waals surface area (Å²) in [5, 5.41) is 11.2. The van der Waals surface area contributed by atoms with E-state index in [4.69, 9.17) is 4.74 Å². The number of carbonyl (C=O) groups is 1. The average molecular weight is 486 g/mol. The summed E-state index contributed by atoms with van der Waals surface area (Å²) < 4.78 is 41.2. The van der Waals surface area contributed by atoms with E-state index in [-0.39, 0.29) is 27.9 Å². The summed E-state index contributed by atoms with van der Waals surface area (Å²) in [6, 6.07) is 24.9. The Balaban J connectivity index is 1.48. The van der Waals surface area contributed by atoms with Crippen LogP contribution in [0.2, 0.25) is 0 Å². The number of fused-ring (bicyclic) bond motifs is 2. The molecule has 0 heterocycles. The lowest BCUT2D eigenvalue weighted by Gasteiger charge is -2.50. The first-order chi connectivity index (χ1) is 16.8. The number of aliphatic hydroxyl groups excluding tert-OH is 1. The third kappa shape index (κ3) is 3.16. The molecule has 0 radical (unpaired) electrons. The van der Waals surface area contributed by atoms with Crippen molar-refractivity contribution in [1.82, 2.24) is 0 Å². The van der Waals surface area contributed by atoms with Crippen LogP contribution in [0.3, 0.4) is 0 Å². The number of carbonyl (C=O) groups excluding carboxylic acids is 1. The SMILES string of the molecule is O=C(Oc1ccc(S(=O)(=O)[O-])c2ccccc12)C1(CO)CC2c3ccccc3C1c1ccccc12. The van der Waals surface area contributed by atoms with Crippen LogP contribution in [0.15, 0.2) is 89.8 Å². The molecule has 2 bridgehead atoms. The number of aliphatic hydroxyl groups is 1. The number of benzene rings is 4. The minimum absolute atomic E-state index is 0.0585. The second kappa shape index (κ2) is 7.75. The van der Waals surface area contributed by atoms with E-state index in [1.165, 1.54) is 12.1 Å². The van der Waals surface area contributed by atoms with E-state index in [1.807, 2.05) is 36.4 Å². The number of esters is 1. The summed E-state index contributed by atoms with van der Waals surface area (Å²) >= 11 is 0. The van der Waals surface area contributed by atoms with Gasteiger partial charge in [0.15, 0.2) is 0 Å². The molecule has 4 aromatic carbocycles. The lowest BCUT2D eigenvalue weighted by Crippen LogP contribution is -2.50. The lowest BCUT2D eigenvalue weighted by atomic mass is 9.52. The van der Waals surface area contributed by atoms with Crippen LogP contribution >= 0.6 is 0 Å². The Morgan fingerprint density at radius 2 is 1.40 bits per heavy atom. The molecule has 3 aliphatic carbocycles. The van der Waals surface area contributed by atoms with Gasteiger partial charge < -0.3 is 14.4 Å². The van der Waals surface area contributed by atoms with Crippen LogP contribution < -0.4 is 4.74 Å². The molecule has 1 N–H and O–H groups in total. The molecule has 0 saturated heterocycles. The van der Waals surface area contributed by atoms with Gasteiger partial charge >= 0.3 is 5.97 Å². The maximum atomic E-state index is 13.9. The van der Waals surface area contributed by atoms with E-state index in [0.29, 0.717) is 11.8 Å². The largest absolute Gasteiger partial charge is 0.744 e. The zero-order chi connectivity index (χ0) is 24.4. The maximum Gasteiger partial charge on any atom is 0.320 e. The summed E-state index contributed by atoms with van der Waals surface area (Å²) in [6.45, 7) is -0.402. The van der Waals surface area contributed by atoms with Gasteiger partial charge in [0, 0.05) is 22.6 Å². The molecule has 0 amide bonds. The van der Waals surface area contributed by atoms with Gasteiger partial charge in [-0.2, -0.15) is 0 Å². The van der Waals surface area contributed by atoms with Crippen molar-refractivity contribution in [3.8, 4) is 5.75 Å². The molecule has 0 spiro atoms. The highest BCUT2D eigenvalue weighted by molar-refractivity contribution is 7.86. The van der Waals surface area contributed by atoms with Crippen molar-refractivity contribution < 1.29 is 27.6 Å². The van der Waals surface area contributed by atoms with Crippen LogP contribution in [-0.2, 0) is 14.9 Å². The fourth-order valence-electron chi connectivity index (χ4n) is 5.99. The highest BCUT2D eigenvalue weighted by Gasteiger charge is 2.57. The first kappa shape index (κ1) is 22.0. The van der Waals surface area contributed by atoms with Crippen molar-refractivity contribution in [3.63, 3.8) is 0 Å². The summed E-state index contributed by atoms with van der Waals surface area (Å²) in [6.07, 6.45) is 0.395. The minimum Gasteiger partial charge on any atom is -0.744 e. The Kier molecular flexibility index (Phi) is 4.86. The molecule has 0 aromatic heterocycles. The Hall–Kier alpha value is -3.52. The van der Waals surface area contributed by atoms with Gasteiger partial charge in [-0.25, -0.2) is 8.42 Å². The first-order valence-corrected chi connectivity index (χ1v) is 12.7. The molecule has 7 heteroatoms. The normalized spacial score (nSPS) is 22.5. The van der Waals surface area contributed by atoms with Crippen molar-refractivity contribution in [2.75, 3.05) is 6.61 Å². The molecule has 176 valence electrons. The average Bonchev–Trinajstić information content (AvgIpc) is 2.88. The van der Waals surface area contributed by atoms with Crippen LogP contribution in [0.25, 0.3) is 10.8 Å². The number of hydrogen-bond donors (Lipinski definition) is 1. The predicted octanol–water partition coefficient (Wildman–Crippen LogP) is 4.31. The summed E-state index contributed by atoms with van der Waals surface area (Å²) in [5.41, 5.74) is 3.11. The molecule has 0 fully saturated rings. The van der Waals surface area contributed by atoms with Gasteiger partial charge in [-0.05, 0) is 40.8 Å². The van der Waals surface area contributed by atoms with E-state index in [2.05, 4.69) is 12.1 Å². The van der Waals surface area contributed by atoms with Crippen LogP contribution in [0.1, 0.15) is 40.5 Å². The Morgan fingerprint density at radius 3 is 1.97 bits per heavy atom. The fourth-order valence-corrected chi connectivity index (χ4v) is 6.67. The number of ether oxygens (including phenoxy) is 1. The molecule has 1 unspecified atom stereocenters. The molecule has 3 aliphatic rings. The molecular formula is C28H21O6S-. The van der Waals surface area contributed by atoms with Gasteiger partial charge in [-0.3, -0.25) is 4.79 Å². The van der Waals surface area contributed by atoms with Crippen LogP contribution in [0.4, 0.5) is 0 Å². The highest BCUT2D eigenvalue weighted by Crippen LogP contribution is 2.61. The van der Waals surface area contributed by atoms with Gasteiger partial charge in [-0.15, -0.1) is 0 Å². The molecule has 6 nitrogen and oxygen atoms in total. The van der Waals surface area contributed by atoms with E-state index in [1.54, 1.807) is 18.2 Å². The predicted molar refractivity (Wildman–Crippen MR) is 128 cm³/mol. The second-order valence-corrected chi connectivity index (χ2v) is 10.6. The van der Waals surface area contributed by atoms with Crippen molar-refractivity contribution in [2.24, 2.45) is 5.41 Å². The van der Waals surface area contributed by atoms with Gasteiger partial charge in [0.05, 0.1) is 11.5 Å². The van der Waals surface area contributed by atoms with Gasteiger partial charge in [0.1, 0.15) is 21.3 Å². The van der Waals surface area contributed by atoms with Crippen LogP contribution in [0, 0.1) is 5.41 Å². The van der Waals surface area contributed by atoms with E-state index in [9.17, 15) is 22.9 Å². The Labute approximate surface area is 202 Å². The molecule has 4 aromatic rings.